The van der Waals surface area contributed by atoms with Crippen LogP contribution in [0.2, 0.25) is 0 Å². The highest BCUT2D eigenvalue weighted by atomic mass is 79.9. The second-order valence-electron chi connectivity index (χ2n) is 5.84. The van der Waals surface area contributed by atoms with E-state index in [1.54, 1.807) is 0 Å². The second-order valence-corrected chi connectivity index (χ2v) is 6.76. The number of rotatable bonds is 4. The van der Waals surface area contributed by atoms with Crippen LogP contribution >= 0.6 is 15.9 Å². The van der Waals surface area contributed by atoms with Crippen molar-refractivity contribution in [2.75, 3.05) is 25.1 Å². The Labute approximate surface area is 139 Å². The Hall–Kier alpha value is -1.46. The first-order chi connectivity index (χ1) is 10.7. The minimum absolute atomic E-state index is 0.0658. The van der Waals surface area contributed by atoms with Gasteiger partial charge in [-0.1, -0.05) is 28.1 Å². The number of benzene rings is 1. The first kappa shape index (κ1) is 15.4. The van der Waals surface area contributed by atoms with Crippen molar-refractivity contribution in [1.29, 1.82) is 0 Å². The van der Waals surface area contributed by atoms with Crippen LogP contribution in [0.3, 0.4) is 0 Å². The van der Waals surface area contributed by atoms with Crippen molar-refractivity contribution >= 4 is 21.9 Å². The molecule has 22 heavy (non-hydrogen) atoms. The van der Waals surface area contributed by atoms with Gasteiger partial charge in [0.1, 0.15) is 0 Å². The average Bonchev–Trinajstić information content (AvgIpc) is 2.55. The van der Waals surface area contributed by atoms with Crippen LogP contribution in [0.1, 0.15) is 24.0 Å². The van der Waals surface area contributed by atoms with E-state index in [0.717, 1.165) is 42.6 Å². The van der Waals surface area contributed by atoms with Gasteiger partial charge in [-0.05, 0) is 43.0 Å². The van der Waals surface area contributed by atoms with E-state index in [9.17, 15) is 0 Å². The number of hydrogen-bond donors (Lipinski definition) is 1. The minimum Gasteiger partial charge on any atom is -0.381 e. The van der Waals surface area contributed by atoms with E-state index in [1.807, 2.05) is 19.3 Å². The molecule has 1 aliphatic rings. The van der Waals surface area contributed by atoms with Gasteiger partial charge < -0.3 is 10.1 Å². The Morgan fingerprint density at radius 2 is 1.95 bits per heavy atom. The molecule has 4 nitrogen and oxygen atoms in total. The van der Waals surface area contributed by atoms with Crippen molar-refractivity contribution < 1.29 is 4.74 Å². The molecule has 1 fully saturated rings. The summed E-state index contributed by atoms with van der Waals surface area (Å²) in [4.78, 5) is 8.68. The molecule has 1 aliphatic heterocycles. The summed E-state index contributed by atoms with van der Waals surface area (Å²) in [7, 11) is 0. The van der Waals surface area contributed by atoms with Crippen LogP contribution in [0.15, 0.2) is 41.1 Å². The van der Waals surface area contributed by atoms with Crippen LogP contribution in [-0.2, 0) is 10.2 Å². The SMILES string of the molecule is Cc1cnc(NCC2(c3cccc(Br)c3)CCOCC2)nc1. The molecular formula is C17H20BrN3O. The van der Waals surface area contributed by atoms with Crippen molar-refractivity contribution in [1.82, 2.24) is 9.97 Å². The van der Waals surface area contributed by atoms with E-state index in [0.29, 0.717) is 5.95 Å². The van der Waals surface area contributed by atoms with Gasteiger partial charge in [0, 0.05) is 42.0 Å². The zero-order valence-electron chi connectivity index (χ0n) is 12.7. The summed E-state index contributed by atoms with van der Waals surface area (Å²) in [5.41, 5.74) is 2.47. The molecule has 1 saturated heterocycles. The summed E-state index contributed by atoms with van der Waals surface area (Å²) in [6.45, 7) is 4.40. The van der Waals surface area contributed by atoms with Gasteiger partial charge in [0.2, 0.25) is 5.95 Å². The molecule has 1 aromatic heterocycles. The fourth-order valence-electron chi connectivity index (χ4n) is 2.88. The molecule has 1 N–H and O–H groups in total. The molecular weight excluding hydrogens is 342 g/mol. The number of nitrogens with one attached hydrogen (secondary N) is 1. The molecule has 0 amide bonds. The predicted octanol–water partition coefficient (Wildman–Crippen LogP) is 3.71. The fraction of sp³-hybridized carbons (Fsp3) is 0.412. The Morgan fingerprint density at radius 3 is 2.64 bits per heavy atom. The van der Waals surface area contributed by atoms with E-state index in [4.69, 9.17) is 4.74 Å². The molecule has 0 atom stereocenters. The standard InChI is InChI=1S/C17H20BrN3O/c1-13-10-19-16(20-11-13)21-12-17(5-7-22-8-6-17)14-3-2-4-15(18)9-14/h2-4,9-11H,5-8,12H2,1H3,(H,19,20,21). The van der Waals surface area contributed by atoms with Crippen molar-refractivity contribution in [2.45, 2.75) is 25.2 Å². The Balaban J connectivity index is 1.81. The zero-order chi connectivity index (χ0) is 15.4. The summed E-state index contributed by atoms with van der Waals surface area (Å²) in [6, 6.07) is 8.57. The van der Waals surface area contributed by atoms with Crippen molar-refractivity contribution in [2.24, 2.45) is 0 Å². The normalized spacial score (nSPS) is 17.2. The van der Waals surface area contributed by atoms with Crippen LogP contribution in [0.5, 0.6) is 0 Å². The minimum atomic E-state index is 0.0658. The maximum atomic E-state index is 5.57. The third-order valence-corrected chi connectivity index (χ3v) is 4.75. The van der Waals surface area contributed by atoms with Gasteiger partial charge in [-0.15, -0.1) is 0 Å². The lowest BCUT2D eigenvalue weighted by molar-refractivity contribution is 0.0543. The van der Waals surface area contributed by atoms with E-state index in [2.05, 4.69) is 55.5 Å². The van der Waals surface area contributed by atoms with Crippen LogP contribution in [0, 0.1) is 6.92 Å². The van der Waals surface area contributed by atoms with E-state index in [-0.39, 0.29) is 5.41 Å². The van der Waals surface area contributed by atoms with E-state index < -0.39 is 0 Å². The van der Waals surface area contributed by atoms with Gasteiger partial charge in [0.25, 0.3) is 0 Å². The quantitative estimate of drug-likeness (QED) is 0.901. The van der Waals surface area contributed by atoms with Crippen LogP contribution in [0.25, 0.3) is 0 Å². The van der Waals surface area contributed by atoms with Crippen molar-refractivity contribution in [3.63, 3.8) is 0 Å². The molecule has 1 aromatic carbocycles. The van der Waals surface area contributed by atoms with Gasteiger partial charge in [-0.3, -0.25) is 0 Å². The number of ether oxygens (including phenoxy) is 1. The Kier molecular flexibility index (Phi) is 4.74. The average molecular weight is 362 g/mol. The number of nitrogens with zero attached hydrogens (tertiary/aromatic N) is 2. The van der Waals surface area contributed by atoms with Gasteiger partial charge in [-0.25, -0.2) is 9.97 Å². The number of anilines is 1. The second kappa shape index (κ2) is 6.75. The van der Waals surface area contributed by atoms with Gasteiger partial charge in [0.05, 0.1) is 0 Å². The Morgan fingerprint density at radius 1 is 1.23 bits per heavy atom. The number of halogens is 1. The maximum Gasteiger partial charge on any atom is 0.222 e. The highest BCUT2D eigenvalue weighted by molar-refractivity contribution is 9.10. The zero-order valence-corrected chi connectivity index (χ0v) is 14.3. The lowest BCUT2D eigenvalue weighted by atomic mass is 9.74. The van der Waals surface area contributed by atoms with Crippen LogP contribution in [-0.4, -0.2) is 29.7 Å². The summed E-state index contributed by atoms with van der Waals surface area (Å²) in [6.07, 6.45) is 5.68. The molecule has 5 heteroatoms. The molecule has 0 saturated carbocycles. The van der Waals surface area contributed by atoms with Gasteiger partial charge >= 0.3 is 0 Å². The Bertz CT molecular complexity index is 624. The number of hydrogen-bond acceptors (Lipinski definition) is 4. The van der Waals surface area contributed by atoms with Crippen molar-refractivity contribution in [3.05, 3.63) is 52.3 Å². The monoisotopic (exact) mass is 361 g/mol. The molecule has 0 radical (unpaired) electrons. The molecule has 0 spiro atoms. The topological polar surface area (TPSA) is 47.0 Å². The van der Waals surface area contributed by atoms with Gasteiger partial charge in [0.15, 0.2) is 0 Å². The first-order valence-corrected chi connectivity index (χ1v) is 8.34. The molecule has 2 heterocycles. The van der Waals surface area contributed by atoms with E-state index >= 15 is 0 Å². The lowest BCUT2D eigenvalue weighted by Crippen LogP contribution is -2.40. The molecule has 3 rings (SSSR count). The fourth-order valence-corrected chi connectivity index (χ4v) is 3.28. The molecule has 116 valence electrons. The summed E-state index contributed by atoms with van der Waals surface area (Å²) in [5.74, 6) is 0.687. The number of aromatic nitrogens is 2. The largest absolute Gasteiger partial charge is 0.381 e. The molecule has 0 bridgehead atoms. The first-order valence-electron chi connectivity index (χ1n) is 7.54. The highest BCUT2D eigenvalue weighted by Crippen LogP contribution is 2.36. The third-order valence-electron chi connectivity index (χ3n) is 4.25. The summed E-state index contributed by atoms with van der Waals surface area (Å²) in [5, 5.41) is 3.41. The van der Waals surface area contributed by atoms with E-state index in [1.165, 1.54) is 5.56 Å². The molecule has 2 aromatic rings. The highest BCUT2D eigenvalue weighted by Gasteiger charge is 2.34. The van der Waals surface area contributed by atoms with Crippen LogP contribution < -0.4 is 5.32 Å². The summed E-state index contributed by atoms with van der Waals surface area (Å²) < 4.78 is 6.69. The molecule has 0 aliphatic carbocycles. The summed E-state index contributed by atoms with van der Waals surface area (Å²) >= 11 is 3.58. The smallest absolute Gasteiger partial charge is 0.222 e. The van der Waals surface area contributed by atoms with Crippen LogP contribution in [0.4, 0.5) is 5.95 Å². The molecule has 0 unspecified atom stereocenters. The number of aryl methyl sites for hydroxylation is 1. The predicted molar refractivity (Wildman–Crippen MR) is 91.1 cm³/mol. The van der Waals surface area contributed by atoms with Gasteiger partial charge in [-0.2, -0.15) is 0 Å². The lowest BCUT2D eigenvalue weighted by Gasteiger charge is -2.38. The van der Waals surface area contributed by atoms with Crippen molar-refractivity contribution in [3.8, 4) is 0 Å². The maximum absolute atomic E-state index is 5.57. The third kappa shape index (κ3) is 3.47.